The van der Waals surface area contributed by atoms with Crippen LogP contribution >= 0.6 is 23.2 Å². The summed E-state index contributed by atoms with van der Waals surface area (Å²) in [5.74, 6) is -0.0936. The lowest BCUT2D eigenvalue weighted by molar-refractivity contribution is -0.384. The maximum atomic E-state index is 13.1. The summed E-state index contributed by atoms with van der Waals surface area (Å²) in [7, 11) is 0. The molecule has 3 aromatic carbocycles. The molecule has 0 aliphatic carbocycles. The first-order chi connectivity index (χ1) is 16.8. The molecule has 4 aromatic rings. The molecule has 0 saturated heterocycles. The Morgan fingerprint density at radius 1 is 1.00 bits per heavy atom. The second-order valence-corrected chi connectivity index (χ2v) is 7.96. The Hall–Kier alpha value is -4.08. The molecule has 0 atom stereocenters. The van der Waals surface area contributed by atoms with Gasteiger partial charge in [0.15, 0.2) is 5.76 Å². The van der Waals surface area contributed by atoms with Crippen molar-refractivity contribution >= 4 is 40.5 Å². The summed E-state index contributed by atoms with van der Waals surface area (Å²) in [6, 6.07) is 16.9. The largest absolute Gasteiger partial charge is 0.484 e. The van der Waals surface area contributed by atoms with E-state index in [1.807, 2.05) is 0 Å². The topological polar surface area (TPSA) is 104 Å². The lowest BCUT2D eigenvalue weighted by Crippen LogP contribution is -2.11. The van der Waals surface area contributed by atoms with Crippen LogP contribution in [0.4, 0.5) is 15.8 Å². The molecule has 35 heavy (non-hydrogen) atoms. The van der Waals surface area contributed by atoms with Gasteiger partial charge in [0.25, 0.3) is 11.6 Å². The third-order valence-corrected chi connectivity index (χ3v) is 5.11. The minimum absolute atomic E-state index is 0.0551. The fourth-order valence-corrected chi connectivity index (χ4v) is 3.32. The van der Waals surface area contributed by atoms with Crippen molar-refractivity contribution < 1.29 is 28.0 Å². The van der Waals surface area contributed by atoms with Crippen molar-refractivity contribution in [1.82, 2.24) is 0 Å². The number of nitrogens with zero attached hydrogens (tertiary/aromatic N) is 1. The Morgan fingerprint density at radius 3 is 2.49 bits per heavy atom. The first kappa shape index (κ1) is 24.1. The Balaban J connectivity index is 1.46. The molecule has 0 saturated carbocycles. The minimum atomic E-state index is -0.644. The van der Waals surface area contributed by atoms with Gasteiger partial charge in [-0.05, 0) is 54.6 Å². The standard InChI is InChI=1S/C24H15Cl2FN2O6/c25-14-1-4-18(5-2-14)34-20-11-16(10-17(12-20)29(31)32)28-24(30)23-8-6-19(35-23)13-33-22-7-3-15(27)9-21(22)26/h1-12H,13H2,(H,28,30). The number of amides is 1. The first-order valence-electron chi connectivity index (χ1n) is 9.97. The smallest absolute Gasteiger partial charge is 0.291 e. The molecule has 0 bridgehead atoms. The summed E-state index contributed by atoms with van der Waals surface area (Å²) in [4.78, 5) is 23.4. The summed E-state index contributed by atoms with van der Waals surface area (Å²) >= 11 is 11.8. The molecule has 1 N–H and O–H groups in total. The lowest BCUT2D eigenvalue weighted by Gasteiger charge is -2.09. The normalized spacial score (nSPS) is 10.6. The number of carbonyl (C=O) groups is 1. The molecule has 11 heteroatoms. The number of carbonyl (C=O) groups excluding carboxylic acids is 1. The molecule has 0 spiro atoms. The van der Waals surface area contributed by atoms with Gasteiger partial charge < -0.3 is 19.2 Å². The highest BCUT2D eigenvalue weighted by Gasteiger charge is 2.17. The number of rotatable bonds is 8. The van der Waals surface area contributed by atoms with E-state index in [-0.39, 0.29) is 40.3 Å². The van der Waals surface area contributed by atoms with Gasteiger partial charge >= 0.3 is 0 Å². The number of furan rings is 1. The molecule has 8 nitrogen and oxygen atoms in total. The second kappa shape index (κ2) is 10.5. The van der Waals surface area contributed by atoms with Crippen LogP contribution < -0.4 is 14.8 Å². The second-order valence-electron chi connectivity index (χ2n) is 7.11. The molecule has 0 unspecified atom stereocenters. The number of nitro groups is 1. The summed E-state index contributed by atoms with van der Waals surface area (Å²) in [5.41, 5.74) is -0.156. The summed E-state index contributed by atoms with van der Waals surface area (Å²) in [6.45, 7) is -0.0610. The number of halogens is 3. The van der Waals surface area contributed by atoms with E-state index in [4.69, 9.17) is 37.1 Å². The third kappa shape index (κ3) is 6.28. The maximum absolute atomic E-state index is 13.1. The lowest BCUT2D eigenvalue weighted by atomic mass is 10.2. The number of anilines is 1. The van der Waals surface area contributed by atoms with Crippen molar-refractivity contribution in [2.45, 2.75) is 6.61 Å². The highest BCUT2D eigenvalue weighted by Crippen LogP contribution is 2.31. The molecule has 1 heterocycles. The van der Waals surface area contributed by atoms with E-state index in [9.17, 15) is 19.3 Å². The van der Waals surface area contributed by atoms with E-state index in [0.29, 0.717) is 16.5 Å². The number of nitrogens with one attached hydrogen (secondary N) is 1. The van der Waals surface area contributed by atoms with Gasteiger partial charge in [-0.15, -0.1) is 0 Å². The fourth-order valence-electron chi connectivity index (χ4n) is 2.97. The third-order valence-electron chi connectivity index (χ3n) is 4.56. The van der Waals surface area contributed by atoms with Crippen LogP contribution in [0.5, 0.6) is 17.2 Å². The predicted octanol–water partition coefficient (Wildman–Crippen LogP) is 7.26. The number of benzene rings is 3. The minimum Gasteiger partial charge on any atom is -0.484 e. The van der Waals surface area contributed by atoms with E-state index in [2.05, 4.69) is 5.32 Å². The van der Waals surface area contributed by atoms with Crippen molar-refractivity contribution in [3.63, 3.8) is 0 Å². The molecule has 0 aliphatic rings. The van der Waals surface area contributed by atoms with E-state index >= 15 is 0 Å². The van der Waals surface area contributed by atoms with Crippen LogP contribution in [0.25, 0.3) is 0 Å². The van der Waals surface area contributed by atoms with Crippen LogP contribution in [-0.2, 0) is 6.61 Å². The van der Waals surface area contributed by atoms with Gasteiger partial charge in [-0.3, -0.25) is 14.9 Å². The van der Waals surface area contributed by atoms with Crippen molar-refractivity contribution in [3.05, 3.63) is 110 Å². The molecule has 0 fully saturated rings. The number of ether oxygens (including phenoxy) is 2. The molecule has 1 aromatic heterocycles. The molecular weight excluding hydrogens is 502 g/mol. The molecule has 1 amide bonds. The van der Waals surface area contributed by atoms with Crippen molar-refractivity contribution in [1.29, 1.82) is 0 Å². The summed E-state index contributed by atoms with van der Waals surface area (Å²) in [6.07, 6.45) is 0. The molecule has 178 valence electrons. The van der Waals surface area contributed by atoms with Crippen LogP contribution in [0.15, 0.2) is 77.2 Å². The van der Waals surface area contributed by atoms with E-state index < -0.39 is 16.6 Å². The molecule has 0 radical (unpaired) electrons. The number of nitro benzene ring substituents is 1. The Labute approximate surface area is 207 Å². The van der Waals surface area contributed by atoms with Crippen LogP contribution in [0.1, 0.15) is 16.3 Å². The van der Waals surface area contributed by atoms with Crippen LogP contribution in [0.2, 0.25) is 10.0 Å². The first-order valence-corrected chi connectivity index (χ1v) is 10.7. The zero-order valence-corrected chi connectivity index (χ0v) is 19.2. The number of hydrogen-bond donors (Lipinski definition) is 1. The Morgan fingerprint density at radius 2 is 1.77 bits per heavy atom. The Bertz CT molecular complexity index is 1390. The molecule has 0 aliphatic heterocycles. The fraction of sp³-hybridized carbons (Fsp3) is 0.0417. The van der Waals surface area contributed by atoms with Crippen molar-refractivity contribution in [2.24, 2.45) is 0 Å². The van der Waals surface area contributed by atoms with Crippen molar-refractivity contribution in [2.75, 3.05) is 5.32 Å². The van der Waals surface area contributed by atoms with E-state index in [1.54, 1.807) is 24.3 Å². The summed E-state index contributed by atoms with van der Waals surface area (Å²) in [5, 5.41) is 14.5. The average Bonchev–Trinajstić information content (AvgIpc) is 3.29. The zero-order valence-electron chi connectivity index (χ0n) is 17.7. The molecular formula is C24H15Cl2FN2O6. The highest BCUT2D eigenvalue weighted by molar-refractivity contribution is 6.32. The highest BCUT2D eigenvalue weighted by atomic mass is 35.5. The van der Waals surface area contributed by atoms with Gasteiger partial charge in [0.1, 0.15) is 35.4 Å². The zero-order chi connectivity index (χ0) is 24.9. The SMILES string of the molecule is O=C(Nc1cc(Oc2ccc(Cl)cc2)cc([N+](=O)[O-])c1)c1ccc(COc2ccc(F)cc2Cl)o1. The van der Waals surface area contributed by atoms with Gasteiger partial charge in [-0.2, -0.15) is 0 Å². The monoisotopic (exact) mass is 516 g/mol. The van der Waals surface area contributed by atoms with Gasteiger partial charge in [-0.1, -0.05) is 23.2 Å². The number of hydrogen-bond acceptors (Lipinski definition) is 6. The summed E-state index contributed by atoms with van der Waals surface area (Å²) < 4.78 is 29.8. The van der Waals surface area contributed by atoms with E-state index in [1.165, 1.54) is 42.5 Å². The van der Waals surface area contributed by atoms with Gasteiger partial charge in [0.05, 0.1) is 21.7 Å². The predicted molar refractivity (Wildman–Crippen MR) is 127 cm³/mol. The van der Waals surface area contributed by atoms with Gasteiger partial charge in [0.2, 0.25) is 0 Å². The maximum Gasteiger partial charge on any atom is 0.291 e. The van der Waals surface area contributed by atoms with Gasteiger partial charge in [0, 0.05) is 17.2 Å². The number of non-ortho nitro benzene ring substituents is 1. The van der Waals surface area contributed by atoms with E-state index in [0.717, 1.165) is 6.07 Å². The molecule has 4 rings (SSSR count). The Kier molecular flexibility index (Phi) is 7.19. The average molecular weight is 517 g/mol. The quantitative estimate of drug-likeness (QED) is 0.195. The van der Waals surface area contributed by atoms with Crippen LogP contribution in [-0.4, -0.2) is 10.8 Å². The van der Waals surface area contributed by atoms with Crippen LogP contribution in [0, 0.1) is 15.9 Å². The van der Waals surface area contributed by atoms with Crippen molar-refractivity contribution in [3.8, 4) is 17.2 Å². The van der Waals surface area contributed by atoms with Gasteiger partial charge in [-0.25, -0.2) is 4.39 Å². The van der Waals surface area contributed by atoms with Crippen LogP contribution in [0.3, 0.4) is 0 Å².